The highest BCUT2D eigenvalue weighted by atomic mass is 19.2. The molecule has 1 atom stereocenters. The highest BCUT2D eigenvalue weighted by molar-refractivity contribution is 5.20. The summed E-state index contributed by atoms with van der Waals surface area (Å²) in [6.07, 6.45) is 2.16. The van der Waals surface area contributed by atoms with Crippen molar-refractivity contribution >= 4 is 0 Å². The molecule has 1 aromatic rings. The lowest BCUT2D eigenvalue weighted by Crippen LogP contribution is -2.51. The van der Waals surface area contributed by atoms with E-state index in [1.165, 1.54) is 0 Å². The van der Waals surface area contributed by atoms with Crippen LogP contribution in [0.4, 0.5) is 13.2 Å². The van der Waals surface area contributed by atoms with E-state index in [-0.39, 0.29) is 17.6 Å². The Balaban J connectivity index is 2.26. The van der Waals surface area contributed by atoms with Gasteiger partial charge in [-0.25, -0.2) is 13.2 Å². The van der Waals surface area contributed by atoms with Crippen LogP contribution >= 0.6 is 0 Å². The van der Waals surface area contributed by atoms with Crippen LogP contribution in [0.5, 0.6) is 0 Å². The van der Waals surface area contributed by atoms with Gasteiger partial charge in [0.15, 0.2) is 11.6 Å². The minimum absolute atomic E-state index is 0.0898. The summed E-state index contributed by atoms with van der Waals surface area (Å²) in [4.78, 5) is 2.11. The largest absolute Gasteiger partial charge is 0.294 e. The Labute approximate surface area is 112 Å². The molecular formula is C15H20F3N. The maximum absolute atomic E-state index is 13.7. The molecule has 1 aromatic carbocycles. The molecule has 0 bridgehead atoms. The van der Waals surface area contributed by atoms with Crippen LogP contribution in [0.1, 0.15) is 39.2 Å². The van der Waals surface area contributed by atoms with Crippen molar-refractivity contribution in [3.8, 4) is 0 Å². The van der Waals surface area contributed by atoms with Crippen molar-refractivity contribution in [3.63, 3.8) is 0 Å². The first-order valence-electron chi connectivity index (χ1n) is 6.71. The Bertz CT molecular complexity index is 471. The van der Waals surface area contributed by atoms with Crippen molar-refractivity contribution in [3.05, 3.63) is 35.1 Å². The van der Waals surface area contributed by atoms with E-state index >= 15 is 0 Å². The summed E-state index contributed by atoms with van der Waals surface area (Å²) >= 11 is 0. The smallest absolute Gasteiger partial charge is 0.163 e. The molecule has 0 spiro atoms. The van der Waals surface area contributed by atoms with Crippen molar-refractivity contribution < 1.29 is 13.2 Å². The van der Waals surface area contributed by atoms with E-state index in [0.29, 0.717) is 12.0 Å². The van der Waals surface area contributed by atoms with Crippen LogP contribution < -0.4 is 0 Å². The standard InChI is InChI=1S/C15H20F3N/c1-10-5-4-6-19(15(10,2)3)9-11-7-12(16)8-13(17)14(11)18/h7-8,10H,4-6,9H2,1-3H3. The van der Waals surface area contributed by atoms with Crippen LogP contribution in [0.3, 0.4) is 0 Å². The molecule has 1 aliphatic heterocycles. The van der Waals surface area contributed by atoms with Crippen LogP contribution in [0.15, 0.2) is 12.1 Å². The molecular weight excluding hydrogens is 251 g/mol. The lowest BCUT2D eigenvalue weighted by molar-refractivity contribution is 0.0221. The zero-order valence-electron chi connectivity index (χ0n) is 11.6. The number of benzene rings is 1. The average Bonchev–Trinajstić information content (AvgIpc) is 2.31. The topological polar surface area (TPSA) is 3.24 Å². The third kappa shape index (κ3) is 2.78. The van der Waals surface area contributed by atoms with Gasteiger partial charge in [0.1, 0.15) is 5.82 Å². The number of hydrogen-bond donors (Lipinski definition) is 0. The fraction of sp³-hybridized carbons (Fsp3) is 0.600. The van der Waals surface area contributed by atoms with E-state index < -0.39 is 17.5 Å². The summed E-state index contributed by atoms with van der Waals surface area (Å²) in [5, 5.41) is 0. The molecule has 19 heavy (non-hydrogen) atoms. The van der Waals surface area contributed by atoms with Crippen molar-refractivity contribution in [1.29, 1.82) is 0 Å². The molecule has 4 heteroatoms. The van der Waals surface area contributed by atoms with Gasteiger partial charge in [-0.15, -0.1) is 0 Å². The molecule has 1 fully saturated rings. The second-order valence-electron chi connectivity index (χ2n) is 5.98. The van der Waals surface area contributed by atoms with Crippen LogP contribution in [0, 0.1) is 23.4 Å². The van der Waals surface area contributed by atoms with Crippen molar-refractivity contribution in [2.45, 2.75) is 45.7 Å². The minimum Gasteiger partial charge on any atom is -0.294 e. The second-order valence-corrected chi connectivity index (χ2v) is 5.98. The molecule has 1 nitrogen and oxygen atoms in total. The molecule has 1 aliphatic rings. The fourth-order valence-corrected chi connectivity index (χ4v) is 2.75. The van der Waals surface area contributed by atoms with Crippen molar-refractivity contribution in [2.75, 3.05) is 6.54 Å². The molecule has 2 rings (SSSR count). The number of hydrogen-bond acceptors (Lipinski definition) is 1. The molecule has 1 unspecified atom stereocenters. The van der Waals surface area contributed by atoms with Gasteiger partial charge in [-0.2, -0.15) is 0 Å². The first-order chi connectivity index (χ1) is 8.82. The summed E-state index contributed by atoms with van der Waals surface area (Å²) in [7, 11) is 0. The highest BCUT2D eigenvalue weighted by Gasteiger charge is 2.36. The molecule has 0 saturated carbocycles. The SMILES string of the molecule is CC1CCCN(Cc2cc(F)cc(F)c2F)C1(C)C. The third-order valence-corrected chi connectivity index (χ3v) is 4.52. The van der Waals surface area contributed by atoms with Crippen molar-refractivity contribution in [1.82, 2.24) is 4.90 Å². The van der Waals surface area contributed by atoms with Gasteiger partial charge in [-0.1, -0.05) is 6.92 Å². The highest BCUT2D eigenvalue weighted by Crippen LogP contribution is 2.34. The van der Waals surface area contributed by atoms with Gasteiger partial charge in [-0.05, 0) is 45.2 Å². The Morgan fingerprint density at radius 1 is 1.26 bits per heavy atom. The predicted molar refractivity (Wildman–Crippen MR) is 69.2 cm³/mol. The van der Waals surface area contributed by atoms with E-state index in [1.54, 1.807) is 0 Å². The van der Waals surface area contributed by atoms with E-state index in [4.69, 9.17) is 0 Å². The van der Waals surface area contributed by atoms with Gasteiger partial charge >= 0.3 is 0 Å². The monoisotopic (exact) mass is 271 g/mol. The lowest BCUT2D eigenvalue weighted by atomic mass is 9.80. The van der Waals surface area contributed by atoms with Gasteiger partial charge in [0, 0.05) is 23.7 Å². The van der Waals surface area contributed by atoms with Crippen LogP contribution in [-0.4, -0.2) is 17.0 Å². The number of piperidine rings is 1. The maximum atomic E-state index is 13.7. The predicted octanol–water partition coefficient (Wildman–Crippen LogP) is 4.11. The number of halogens is 3. The summed E-state index contributed by atoms with van der Waals surface area (Å²) in [5.41, 5.74) is 0.00712. The first-order valence-corrected chi connectivity index (χ1v) is 6.71. The molecule has 1 saturated heterocycles. The fourth-order valence-electron chi connectivity index (χ4n) is 2.75. The van der Waals surface area contributed by atoms with Crippen LogP contribution in [0.2, 0.25) is 0 Å². The molecule has 0 N–H and O–H groups in total. The zero-order valence-corrected chi connectivity index (χ0v) is 11.6. The third-order valence-electron chi connectivity index (χ3n) is 4.52. The maximum Gasteiger partial charge on any atom is 0.163 e. The van der Waals surface area contributed by atoms with E-state index in [1.807, 2.05) is 0 Å². The lowest BCUT2D eigenvalue weighted by Gasteiger charge is -2.47. The molecule has 0 amide bonds. The van der Waals surface area contributed by atoms with Crippen molar-refractivity contribution in [2.24, 2.45) is 5.92 Å². The quantitative estimate of drug-likeness (QED) is 0.731. The average molecular weight is 271 g/mol. The minimum atomic E-state index is -1.11. The molecule has 0 aliphatic carbocycles. The number of likely N-dealkylation sites (tertiary alicyclic amines) is 1. The van der Waals surface area contributed by atoms with E-state index in [2.05, 4.69) is 25.7 Å². The van der Waals surface area contributed by atoms with Gasteiger partial charge in [0.25, 0.3) is 0 Å². The Morgan fingerprint density at radius 2 is 1.95 bits per heavy atom. The molecule has 1 heterocycles. The van der Waals surface area contributed by atoms with E-state index in [0.717, 1.165) is 25.5 Å². The summed E-state index contributed by atoms with van der Waals surface area (Å²) in [5.74, 6) is -2.30. The number of rotatable bonds is 2. The normalized spacial score (nSPS) is 23.6. The first kappa shape index (κ1) is 14.4. The molecule has 0 aromatic heterocycles. The summed E-state index contributed by atoms with van der Waals surface area (Å²) < 4.78 is 40.2. The Morgan fingerprint density at radius 3 is 2.63 bits per heavy atom. The van der Waals surface area contributed by atoms with Gasteiger partial charge in [0.2, 0.25) is 0 Å². The molecule has 0 radical (unpaired) electrons. The Hall–Kier alpha value is -1.03. The summed E-state index contributed by atoms with van der Waals surface area (Å²) in [6, 6.07) is 1.68. The summed E-state index contributed by atoms with van der Waals surface area (Å²) in [6.45, 7) is 7.44. The van der Waals surface area contributed by atoms with Gasteiger partial charge in [-0.3, -0.25) is 4.90 Å². The molecule has 106 valence electrons. The van der Waals surface area contributed by atoms with Crippen LogP contribution in [0.25, 0.3) is 0 Å². The Kier molecular flexibility index (Phi) is 3.90. The second kappa shape index (κ2) is 5.16. The zero-order chi connectivity index (χ0) is 14.2. The van der Waals surface area contributed by atoms with Crippen LogP contribution in [-0.2, 0) is 6.54 Å². The number of nitrogens with zero attached hydrogens (tertiary/aromatic N) is 1. The van der Waals surface area contributed by atoms with Gasteiger partial charge in [0.05, 0.1) is 0 Å². The van der Waals surface area contributed by atoms with Gasteiger partial charge < -0.3 is 0 Å². The van der Waals surface area contributed by atoms with E-state index in [9.17, 15) is 13.2 Å².